The molecule has 2 aliphatic heterocycles. The van der Waals surface area contributed by atoms with E-state index < -0.39 is 0 Å². The molecule has 2 rings (SSSR count). The minimum Gasteiger partial charge on any atom is -0.465 e. The highest BCUT2D eigenvalue weighted by atomic mass is 16.6. The summed E-state index contributed by atoms with van der Waals surface area (Å²) in [5.41, 5.74) is 0. The molecule has 14 heteroatoms. The van der Waals surface area contributed by atoms with Gasteiger partial charge in [-0.15, -0.1) is 0 Å². The number of ether oxygens (including phenoxy) is 6. The maximum Gasteiger partial charge on any atom is 0.308 e. The first-order valence-corrected chi connectivity index (χ1v) is 25.0. The first-order valence-electron chi connectivity index (χ1n) is 25.0. The second-order valence-electron chi connectivity index (χ2n) is 17.4. The number of nitrogens with zero attached hydrogens (tertiary/aromatic N) is 2. The van der Waals surface area contributed by atoms with Crippen LogP contribution in [-0.4, -0.2) is 124 Å². The van der Waals surface area contributed by atoms with Crippen molar-refractivity contribution in [1.29, 1.82) is 0 Å². The van der Waals surface area contributed by atoms with E-state index in [1.807, 2.05) is 114 Å². The van der Waals surface area contributed by atoms with Crippen LogP contribution in [-0.2, 0) is 57.2 Å². The summed E-state index contributed by atoms with van der Waals surface area (Å²) in [6, 6.07) is 0.454. The van der Waals surface area contributed by atoms with E-state index in [-0.39, 0.29) is 65.5 Å². The van der Waals surface area contributed by atoms with E-state index in [0.717, 1.165) is 83.8 Å². The molecule has 0 N–H and O–H groups in total. The first kappa shape index (κ1) is 68.3. The van der Waals surface area contributed by atoms with Crippen molar-refractivity contribution in [3.05, 3.63) is 0 Å². The van der Waals surface area contributed by atoms with Gasteiger partial charge >= 0.3 is 23.9 Å². The normalized spacial score (nSPS) is 16.1. The summed E-state index contributed by atoms with van der Waals surface area (Å²) < 4.78 is 29.8. The molecule has 0 aliphatic carbocycles. The quantitative estimate of drug-likeness (QED) is 0.0609. The number of likely N-dealkylation sites (tertiary alicyclic amines) is 1. The fourth-order valence-electron chi connectivity index (χ4n) is 4.79. The number of morpholine rings is 1. The summed E-state index contributed by atoms with van der Waals surface area (Å²) in [6.45, 7) is 39.5. The van der Waals surface area contributed by atoms with Crippen molar-refractivity contribution in [3.63, 3.8) is 0 Å². The number of esters is 4. The third-order valence-electron chi connectivity index (χ3n) is 11.1. The van der Waals surface area contributed by atoms with E-state index in [1.54, 1.807) is 7.11 Å². The zero-order valence-corrected chi connectivity index (χ0v) is 44.8. The van der Waals surface area contributed by atoms with Crippen LogP contribution in [0.25, 0.3) is 0 Å². The number of carbonyl (C=O) groups excluding carboxylic acids is 6. The molecule has 2 amide bonds. The second kappa shape index (κ2) is 44.6. The average Bonchev–Trinajstić information content (AvgIpc) is 3.76. The van der Waals surface area contributed by atoms with Gasteiger partial charge in [-0.3, -0.25) is 28.8 Å². The third-order valence-corrected chi connectivity index (χ3v) is 11.1. The Labute approximate surface area is 397 Å². The Morgan fingerprint density at radius 1 is 0.554 bits per heavy atom. The van der Waals surface area contributed by atoms with Gasteiger partial charge in [-0.2, -0.15) is 0 Å². The van der Waals surface area contributed by atoms with Gasteiger partial charge in [0.25, 0.3) is 0 Å². The van der Waals surface area contributed by atoms with Crippen molar-refractivity contribution in [1.82, 2.24) is 9.80 Å². The summed E-state index contributed by atoms with van der Waals surface area (Å²) in [5.74, 6) is 1.05. The smallest absolute Gasteiger partial charge is 0.308 e. The summed E-state index contributed by atoms with van der Waals surface area (Å²) in [4.78, 5) is 70.6. The van der Waals surface area contributed by atoms with Gasteiger partial charge < -0.3 is 38.2 Å². The Morgan fingerprint density at radius 3 is 1.37 bits per heavy atom. The van der Waals surface area contributed by atoms with E-state index in [0.29, 0.717) is 57.5 Å². The SMILES string of the molecule is CCC(C)C(=O)N1CCOCC1.CCC(C)C(=O)OCC(C)C.CCC(C)C(=O)OCCOC.CCC(C)N1CCCC1=O.CCC(C)OC(=O)C(C)CC.CCCOC(=O)C(C)CC. The van der Waals surface area contributed by atoms with Gasteiger partial charge in [0.2, 0.25) is 11.8 Å². The monoisotopic (exact) mass is 933 g/mol. The fourth-order valence-corrected chi connectivity index (χ4v) is 4.79. The van der Waals surface area contributed by atoms with Gasteiger partial charge in [0.15, 0.2) is 0 Å². The minimum absolute atomic E-state index is 0.00635. The molecule has 7 unspecified atom stereocenters. The van der Waals surface area contributed by atoms with Crippen LogP contribution in [0.1, 0.15) is 182 Å². The molecule has 386 valence electrons. The summed E-state index contributed by atoms with van der Waals surface area (Å²) in [6.07, 6.45) is 9.09. The molecule has 2 aliphatic rings. The van der Waals surface area contributed by atoms with E-state index in [4.69, 9.17) is 28.4 Å². The van der Waals surface area contributed by atoms with E-state index in [1.165, 1.54) is 0 Å². The Bertz CT molecular complexity index is 1210. The topological polar surface area (TPSA) is 164 Å². The average molecular weight is 933 g/mol. The highest BCUT2D eigenvalue weighted by molar-refractivity contribution is 5.79. The largest absolute Gasteiger partial charge is 0.465 e. The van der Waals surface area contributed by atoms with Gasteiger partial charge in [0.05, 0.1) is 62.8 Å². The Hall–Kier alpha value is -3.26. The van der Waals surface area contributed by atoms with Crippen LogP contribution >= 0.6 is 0 Å². The lowest BCUT2D eigenvalue weighted by molar-refractivity contribution is -0.153. The molecule has 14 nitrogen and oxygen atoms in total. The predicted molar refractivity (Wildman–Crippen MR) is 261 cm³/mol. The van der Waals surface area contributed by atoms with Crippen molar-refractivity contribution in [2.75, 3.05) is 66.4 Å². The Balaban J connectivity index is -0.000000344. The molecule has 0 saturated carbocycles. The number of methoxy groups -OCH3 is 1. The summed E-state index contributed by atoms with van der Waals surface area (Å²) in [5, 5.41) is 0. The molecule has 0 radical (unpaired) electrons. The standard InChI is InChI=1S/C9H17NO2.2C9H18O2.C8H15NO.C8H16O3.C8H16O2/c1-3-8(2)9(11)10-4-6-12-7-5-10;1-5-8(4)9(10)11-6-7(2)3;1-5-7(3)9(10)11-8(4)6-2;1-3-7(2)9-6-4-5-8(9)10;1-4-7(2)8(9)11-6-5-10-3;1-4-6-10-8(9)7(3)5-2/h8H,3-7H2,1-2H3;2*7-8H,5-6H2,1-4H3;7H,3-6H2,1-2H3;7H,4-6H2,1-3H3;7H,4-6H2,1-3H3. The number of hydrogen-bond acceptors (Lipinski definition) is 12. The lowest BCUT2D eigenvalue weighted by Crippen LogP contribution is -2.43. The molecule has 2 fully saturated rings. The highest BCUT2D eigenvalue weighted by Crippen LogP contribution is 2.15. The summed E-state index contributed by atoms with van der Waals surface area (Å²) >= 11 is 0. The zero-order valence-electron chi connectivity index (χ0n) is 44.8. The number of carbonyl (C=O) groups is 6. The number of rotatable bonds is 21. The van der Waals surface area contributed by atoms with Gasteiger partial charge in [-0.05, 0) is 77.6 Å². The Kier molecular flexibility index (Phi) is 46.8. The summed E-state index contributed by atoms with van der Waals surface area (Å²) in [7, 11) is 1.58. The van der Waals surface area contributed by atoms with Gasteiger partial charge in [-0.25, -0.2) is 0 Å². The molecule has 0 bridgehead atoms. The fraction of sp³-hybridized carbons (Fsp3) is 0.882. The van der Waals surface area contributed by atoms with Crippen molar-refractivity contribution in [3.8, 4) is 0 Å². The maximum atomic E-state index is 11.6. The molecule has 0 aromatic carbocycles. The molecular weight excluding hydrogens is 833 g/mol. The lowest BCUT2D eigenvalue weighted by atomic mass is 10.1. The van der Waals surface area contributed by atoms with Crippen LogP contribution in [0, 0.1) is 35.5 Å². The van der Waals surface area contributed by atoms with Crippen LogP contribution in [0.15, 0.2) is 0 Å². The van der Waals surface area contributed by atoms with Crippen molar-refractivity contribution in [2.24, 2.45) is 35.5 Å². The van der Waals surface area contributed by atoms with Crippen LogP contribution < -0.4 is 0 Å². The van der Waals surface area contributed by atoms with Crippen molar-refractivity contribution in [2.45, 2.75) is 194 Å². The minimum atomic E-state index is -0.135. The van der Waals surface area contributed by atoms with Crippen LogP contribution in [0.5, 0.6) is 0 Å². The van der Waals surface area contributed by atoms with Crippen LogP contribution in [0.2, 0.25) is 0 Å². The molecule has 0 spiro atoms. The third kappa shape index (κ3) is 37.5. The molecule has 7 atom stereocenters. The molecule has 65 heavy (non-hydrogen) atoms. The van der Waals surface area contributed by atoms with Crippen LogP contribution in [0.3, 0.4) is 0 Å². The lowest BCUT2D eigenvalue weighted by Gasteiger charge is -2.28. The van der Waals surface area contributed by atoms with Gasteiger partial charge in [0, 0.05) is 45.1 Å². The molecular formula is C51H100N2O12. The number of hydrogen-bond donors (Lipinski definition) is 0. The zero-order chi connectivity index (χ0) is 50.9. The van der Waals surface area contributed by atoms with Crippen LogP contribution in [0.4, 0.5) is 0 Å². The second-order valence-corrected chi connectivity index (χ2v) is 17.4. The van der Waals surface area contributed by atoms with Gasteiger partial charge in [0.1, 0.15) is 6.61 Å². The molecule has 0 aromatic rings. The molecule has 2 heterocycles. The number of amides is 2. The molecule has 0 aromatic heterocycles. The Morgan fingerprint density at radius 2 is 1.00 bits per heavy atom. The van der Waals surface area contributed by atoms with E-state index in [9.17, 15) is 28.8 Å². The maximum absolute atomic E-state index is 11.6. The van der Waals surface area contributed by atoms with Gasteiger partial charge in [-0.1, -0.05) is 104 Å². The van der Waals surface area contributed by atoms with Crippen molar-refractivity contribution >= 4 is 35.7 Å². The molecule has 2 saturated heterocycles. The van der Waals surface area contributed by atoms with E-state index in [2.05, 4.69) is 13.8 Å². The van der Waals surface area contributed by atoms with Crippen molar-refractivity contribution < 1.29 is 57.2 Å². The predicted octanol–water partition coefficient (Wildman–Crippen LogP) is 10.1. The highest BCUT2D eigenvalue weighted by Gasteiger charge is 2.24. The first-order chi connectivity index (χ1) is 30.6. The van der Waals surface area contributed by atoms with E-state index >= 15 is 0 Å².